The summed E-state index contributed by atoms with van der Waals surface area (Å²) < 4.78 is 2.25. The molecule has 0 spiro atoms. The lowest BCUT2D eigenvalue weighted by Crippen LogP contribution is -2.40. The van der Waals surface area contributed by atoms with E-state index in [9.17, 15) is 5.11 Å². The minimum atomic E-state index is -0.939. The maximum absolute atomic E-state index is 11.6. The Balaban J connectivity index is 1.80. The fourth-order valence-electron chi connectivity index (χ4n) is 3.99. The lowest BCUT2D eigenvalue weighted by atomic mass is 10.0. The van der Waals surface area contributed by atoms with E-state index in [4.69, 9.17) is 0 Å². The third kappa shape index (κ3) is 2.53. The number of amidine groups is 1. The van der Waals surface area contributed by atoms with Crippen molar-refractivity contribution in [3.63, 3.8) is 0 Å². The molecule has 0 bridgehead atoms. The standard InChI is InChI=1S/C21H25N2O/c1-17-11-13-19(14-12-17)22-16-21(24,18-8-4-2-5-9-18)23-15-7-3-6-10-20(22)23/h2,4-5,8-9,11-14,24H,3,6-7,10,15-16H2,1H3/q+1/t21-/m1/s1. The fraction of sp³-hybridized carbons (Fsp3) is 0.381. The first-order valence-corrected chi connectivity index (χ1v) is 8.94. The molecule has 2 aliphatic rings. The summed E-state index contributed by atoms with van der Waals surface area (Å²) in [6, 6.07) is 18.8. The summed E-state index contributed by atoms with van der Waals surface area (Å²) in [6.07, 6.45) is 4.59. The zero-order valence-electron chi connectivity index (χ0n) is 14.3. The van der Waals surface area contributed by atoms with Gasteiger partial charge in [-0.25, -0.2) is 9.48 Å². The molecule has 0 saturated carbocycles. The molecule has 1 N–H and O–H groups in total. The number of aryl methyl sites for hydroxylation is 1. The van der Waals surface area contributed by atoms with Crippen LogP contribution in [0.15, 0.2) is 54.6 Å². The van der Waals surface area contributed by atoms with Gasteiger partial charge in [-0.1, -0.05) is 48.0 Å². The molecule has 124 valence electrons. The SMILES string of the molecule is Cc1ccc(N2C[C@@](O)(c3ccccc3)[N+]3=C2CCCCC3)cc1. The van der Waals surface area contributed by atoms with Crippen LogP contribution in [0, 0.1) is 6.92 Å². The van der Waals surface area contributed by atoms with Crippen molar-refractivity contribution in [3.05, 3.63) is 65.7 Å². The number of aliphatic hydroxyl groups is 1. The van der Waals surface area contributed by atoms with Crippen LogP contribution >= 0.6 is 0 Å². The topological polar surface area (TPSA) is 26.5 Å². The van der Waals surface area contributed by atoms with Crippen LogP contribution in [0.5, 0.6) is 0 Å². The van der Waals surface area contributed by atoms with Gasteiger partial charge < -0.3 is 5.11 Å². The summed E-state index contributed by atoms with van der Waals surface area (Å²) in [5.74, 6) is 1.27. The van der Waals surface area contributed by atoms with Gasteiger partial charge in [0.05, 0.1) is 6.54 Å². The molecule has 0 amide bonds. The molecule has 2 aromatic carbocycles. The van der Waals surface area contributed by atoms with Crippen molar-refractivity contribution in [2.24, 2.45) is 0 Å². The summed E-state index contributed by atoms with van der Waals surface area (Å²) in [5.41, 5.74) is 2.48. The number of anilines is 1. The van der Waals surface area contributed by atoms with Gasteiger partial charge in [0.15, 0.2) is 6.54 Å². The second-order valence-electron chi connectivity index (χ2n) is 6.98. The van der Waals surface area contributed by atoms with E-state index in [-0.39, 0.29) is 0 Å². The van der Waals surface area contributed by atoms with Crippen LogP contribution in [0.2, 0.25) is 0 Å². The Labute approximate surface area is 143 Å². The minimum absolute atomic E-state index is 0.593. The van der Waals surface area contributed by atoms with Gasteiger partial charge in [0.1, 0.15) is 5.69 Å². The van der Waals surface area contributed by atoms with Gasteiger partial charge in [-0.2, -0.15) is 0 Å². The van der Waals surface area contributed by atoms with E-state index >= 15 is 0 Å². The van der Waals surface area contributed by atoms with Crippen molar-refractivity contribution in [1.82, 2.24) is 0 Å². The van der Waals surface area contributed by atoms with E-state index < -0.39 is 5.72 Å². The van der Waals surface area contributed by atoms with Crippen LogP contribution in [0.3, 0.4) is 0 Å². The van der Waals surface area contributed by atoms with Crippen molar-refractivity contribution in [2.75, 3.05) is 18.0 Å². The second kappa shape index (κ2) is 6.06. The van der Waals surface area contributed by atoms with Crippen LogP contribution in [0.25, 0.3) is 0 Å². The van der Waals surface area contributed by atoms with E-state index in [1.165, 1.54) is 29.9 Å². The van der Waals surface area contributed by atoms with E-state index in [0.29, 0.717) is 6.54 Å². The van der Waals surface area contributed by atoms with Crippen LogP contribution in [-0.2, 0) is 5.72 Å². The number of hydrogen-bond acceptors (Lipinski definition) is 2. The van der Waals surface area contributed by atoms with Crippen molar-refractivity contribution in [1.29, 1.82) is 0 Å². The Kier molecular flexibility index (Phi) is 3.89. The van der Waals surface area contributed by atoms with Crippen molar-refractivity contribution in [3.8, 4) is 0 Å². The summed E-state index contributed by atoms with van der Waals surface area (Å²) in [7, 11) is 0. The van der Waals surface area contributed by atoms with E-state index in [2.05, 4.69) is 40.7 Å². The summed E-state index contributed by atoms with van der Waals surface area (Å²) >= 11 is 0. The molecule has 0 unspecified atom stereocenters. The zero-order valence-corrected chi connectivity index (χ0v) is 14.3. The Bertz CT molecular complexity index is 751. The molecular weight excluding hydrogens is 296 g/mol. The Morgan fingerprint density at radius 3 is 2.46 bits per heavy atom. The summed E-state index contributed by atoms with van der Waals surface area (Å²) in [6.45, 7) is 3.62. The summed E-state index contributed by atoms with van der Waals surface area (Å²) in [4.78, 5) is 2.32. The zero-order chi connectivity index (χ0) is 16.6. The van der Waals surface area contributed by atoms with Crippen LogP contribution in [-0.4, -0.2) is 28.6 Å². The van der Waals surface area contributed by atoms with Gasteiger partial charge in [-0.15, -0.1) is 0 Å². The average molecular weight is 321 g/mol. The van der Waals surface area contributed by atoms with Gasteiger partial charge in [-0.05, 0) is 38.3 Å². The Morgan fingerprint density at radius 2 is 1.71 bits per heavy atom. The Hall–Kier alpha value is -2.13. The van der Waals surface area contributed by atoms with E-state index in [0.717, 1.165) is 24.9 Å². The van der Waals surface area contributed by atoms with E-state index in [1.54, 1.807) is 0 Å². The molecule has 3 nitrogen and oxygen atoms in total. The van der Waals surface area contributed by atoms with Crippen molar-refractivity contribution in [2.45, 2.75) is 38.3 Å². The first kappa shape index (κ1) is 15.4. The average Bonchev–Trinajstić information content (AvgIpc) is 2.78. The number of hydrogen-bond donors (Lipinski definition) is 1. The van der Waals surface area contributed by atoms with E-state index in [1.807, 2.05) is 30.3 Å². The highest BCUT2D eigenvalue weighted by molar-refractivity contribution is 5.95. The number of β-amino-alcohol motifs (C(OH)–C–C–N with tert-alkyl or cyclic N) is 1. The highest BCUT2D eigenvalue weighted by Gasteiger charge is 2.51. The van der Waals surface area contributed by atoms with Crippen LogP contribution < -0.4 is 4.90 Å². The molecule has 0 aromatic heterocycles. The molecule has 4 rings (SSSR count). The Morgan fingerprint density at radius 1 is 0.958 bits per heavy atom. The molecule has 0 aliphatic carbocycles. The van der Waals surface area contributed by atoms with Gasteiger partial charge in [0, 0.05) is 12.0 Å². The highest BCUT2D eigenvalue weighted by atomic mass is 16.3. The quantitative estimate of drug-likeness (QED) is 0.855. The molecule has 0 radical (unpaired) electrons. The maximum atomic E-state index is 11.6. The van der Waals surface area contributed by atoms with Gasteiger partial charge in [0.25, 0.3) is 11.6 Å². The minimum Gasteiger partial charge on any atom is -0.346 e. The lowest BCUT2D eigenvalue weighted by Gasteiger charge is -2.23. The first-order chi connectivity index (χ1) is 11.7. The molecular formula is C21H25N2O+. The second-order valence-corrected chi connectivity index (χ2v) is 6.98. The lowest BCUT2D eigenvalue weighted by molar-refractivity contribution is -0.658. The maximum Gasteiger partial charge on any atom is 0.271 e. The molecule has 2 aromatic rings. The molecule has 0 fully saturated rings. The smallest absolute Gasteiger partial charge is 0.271 e. The number of benzene rings is 2. The molecule has 24 heavy (non-hydrogen) atoms. The van der Waals surface area contributed by atoms with Crippen molar-refractivity contribution >= 4 is 11.5 Å². The van der Waals surface area contributed by atoms with Crippen LogP contribution in [0.4, 0.5) is 5.69 Å². The molecule has 0 saturated heterocycles. The molecule has 1 atom stereocenters. The van der Waals surface area contributed by atoms with Gasteiger partial charge in [0.2, 0.25) is 0 Å². The van der Waals surface area contributed by atoms with Gasteiger partial charge >= 0.3 is 0 Å². The molecule has 3 heteroatoms. The predicted octanol–water partition coefficient (Wildman–Crippen LogP) is 3.65. The monoisotopic (exact) mass is 321 g/mol. The normalized spacial score (nSPS) is 24.0. The van der Waals surface area contributed by atoms with Gasteiger partial charge in [-0.3, -0.25) is 0 Å². The third-order valence-corrected chi connectivity index (χ3v) is 5.31. The number of nitrogens with zero attached hydrogens (tertiary/aromatic N) is 2. The van der Waals surface area contributed by atoms with Crippen molar-refractivity contribution < 1.29 is 9.68 Å². The molecule has 2 aliphatic heterocycles. The number of rotatable bonds is 2. The first-order valence-electron chi connectivity index (χ1n) is 8.94. The largest absolute Gasteiger partial charge is 0.346 e. The highest BCUT2D eigenvalue weighted by Crippen LogP contribution is 2.35. The third-order valence-electron chi connectivity index (χ3n) is 5.31. The molecule has 2 heterocycles. The van der Waals surface area contributed by atoms with Crippen LogP contribution in [0.1, 0.15) is 36.8 Å². The predicted molar refractivity (Wildman–Crippen MR) is 97.5 cm³/mol. The fourth-order valence-corrected chi connectivity index (χ4v) is 3.99. The summed E-state index contributed by atoms with van der Waals surface area (Å²) in [5, 5.41) is 11.6.